The highest BCUT2D eigenvalue weighted by Crippen LogP contribution is 2.29. The summed E-state index contributed by atoms with van der Waals surface area (Å²) in [6.07, 6.45) is 0. The molecule has 0 aromatic heterocycles. The zero-order chi connectivity index (χ0) is 10.2. The van der Waals surface area contributed by atoms with E-state index in [1.807, 2.05) is 0 Å². The topological polar surface area (TPSA) is 49.9 Å². The fourth-order valence-electron chi connectivity index (χ4n) is 0.813. The lowest BCUT2D eigenvalue weighted by Crippen LogP contribution is -2.16. The predicted molar refractivity (Wildman–Crippen MR) is 50.1 cm³/mol. The van der Waals surface area contributed by atoms with Gasteiger partial charge in [0.1, 0.15) is 11.7 Å². The summed E-state index contributed by atoms with van der Waals surface area (Å²) in [6.45, 7) is 0. The number of nitrogen functional groups attached to an aromatic ring is 1. The summed E-state index contributed by atoms with van der Waals surface area (Å²) in [4.78, 5) is 0. The predicted octanol–water partition coefficient (Wildman–Crippen LogP) is 2.66. The molecule has 70 valence electrons. The largest absolute Gasteiger partial charge is 0.384 e. The molecule has 0 aliphatic carbocycles. The average Bonchev–Trinajstić information content (AvgIpc) is 1.99. The Morgan fingerprint density at radius 3 is 2.54 bits per heavy atom. The number of benzene rings is 1. The van der Waals surface area contributed by atoms with E-state index < -0.39 is 23.0 Å². The molecule has 1 aromatic rings. The van der Waals surface area contributed by atoms with Gasteiger partial charge in [0, 0.05) is 4.47 Å². The average molecular weight is 269 g/mol. The summed E-state index contributed by atoms with van der Waals surface area (Å²) < 4.78 is 26.2. The Morgan fingerprint density at radius 1 is 1.54 bits per heavy atom. The molecule has 13 heavy (non-hydrogen) atoms. The van der Waals surface area contributed by atoms with E-state index in [0.717, 1.165) is 6.07 Å². The molecule has 1 aromatic carbocycles. The lowest BCUT2D eigenvalue weighted by atomic mass is 10.2. The van der Waals surface area contributed by atoms with Crippen LogP contribution in [0.4, 0.5) is 8.78 Å². The molecule has 2 nitrogen and oxygen atoms in total. The van der Waals surface area contributed by atoms with Gasteiger partial charge in [0.15, 0.2) is 5.82 Å². The van der Waals surface area contributed by atoms with E-state index in [1.54, 1.807) is 0 Å². The van der Waals surface area contributed by atoms with Crippen LogP contribution in [0.15, 0.2) is 10.5 Å². The standard InChI is InChI=1S/C7H4BrClF2N2/c8-2-1-3(10)4(7(12)13)6(11)5(2)9/h1H,(H3,12,13). The van der Waals surface area contributed by atoms with Gasteiger partial charge in [-0.05, 0) is 22.0 Å². The summed E-state index contributed by atoms with van der Waals surface area (Å²) in [5, 5.41) is 6.62. The molecule has 3 N–H and O–H groups in total. The summed E-state index contributed by atoms with van der Waals surface area (Å²) in [6, 6.07) is 0.960. The molecule has 0 saturated heterocycles. The van der Waals surface area contributed by atoms with E-state index in [0.29, 0.717) is 0 Å². The van der Waals surface area contributed by atoms with Crippen LogP contribution in [0.5, 0.6) is 0 Å². The molecule has 0 saturated carbocycles. The molecule has 0 heterocycles. The molecule has 0 bridgehead atoms. The van der Waals surface area contributed by atoms with Gasteiger partial charge in [-0.3, -0.25) is 5.41 Å². The lowest BCUT2D eigenvalue weighted by molar-refractivity contribution is 0.577. The third kappa shape index (κ3) is 1.81. The van der Waals surface area contributed by atoms with E-state index in [-0.39, 0.29) is 9.50 Å². The Hall–Kier alpha value is -0.680. The molecule has 0 aliphatic rings. The molecule has 0 atom stereocenters. The highest BCUT2D eigenvalue weighted by atomic mass is 79.9. The SMILES string of the molecule is N=C(N)c1c(F)cc(Br)c(Cl)c1F. The molecule has 6 heteroatoms. The van der Waals surface area contributed by atoms with E-state index >= 15 is 0 Å². The first-order valence-corrected chi connectivity index (χ1v) is 4.29. The van der Waals surface area contributed by atoms with Crippen LogP contribution in [0.2, 0.25) is 5.02 Å². The minimum Gasteiger partial charge on any atom is -0.384 e. The molecule has 0 amide bonds. The van der Waals surface area contributed by atoms with Gasteiger partial charge in [0.05, 0.1) is 10.6 Å². The zero-order valence-electron chi connectivity index (χ0n) is 6.17. The van der Waals surface area contributed by atoms with Gasteiger partial charge >= 0.3 is 0 Å². The van der Waals surface area contributed by atoms with Gasteiger partial charge in [-0.2, -0.15) is 0 Å². The van der Waals surface area contributed by atoms with Crippen molar-refractivity contribution >= 4 is 33.4 Å². The fraction of sp³-hybridized carbons (Fsp3) is 0. The van der Waals surface area contributed by atoms with Gasteiger partial charge in [0.25, 0.3) is 0 Å². The van der Waals surface area contributed by atoms with E-state index in [2.05, 4.69) is 15.9 Å². The van der Waals surface area contributed by atoms with Crippen LogP contribution in [0.3, 0.4) is 0 Å². The van der Waals surface area contributed by atoms with Crippen molar-refractivity contribution in [1.29, 1.82) is 5.41 Å². The van der Waals surface area contributed by atoms with E-state index in [9.17, 15) is 8.78 Å². The molecule has 0 spiro atoms. The van der Waals surface area contributed by atoms with Crippen molar-refractivity contribution in [3.05, 3.63) is 32.8 Å². The number of rotatable bonds is 1. The lowest BCUT2D eigenvalue weighted by Gasteiger charge is -2.05. The van der Waals surface area contributed by atoms with Crippen LogP contribution in [-0.2, 0) is 0 Å². The Morgan fingerprint density at radius 2 is 2.08 bits per heavy atom. The number of amidine groups is 1. The molecule has 0 fully saturated rings. The molecular weight excluding hydrogens is 265 g/mol. The molecule has 0 radical (unpaired) electrons. The first-order valence-electron chi connectivity index (χ1n) is 3.12. The third-order valence-corrected chi connectivity index (χ3v) is 2.61. The van der Waals surface area contributed by atoms with Crippen LogP contribution < -0.4 is 5.73 Å². The first-order chi connectivity index (χ1) is 5.95. The number of nitrogens with two attached hydrogens (primary N) is 1. The second-order valence-electron chi connectivity index (χ2n) is 2.26. The smallest absolute Gasteiger partial charge is 0.156 e. The summed E-state index contributed by atoms with van der Waals surface area (Å²) in [5.74, 6) is -2.63. The second kappa shape index (κ2) is 3.59. The maximum absolute atomic E-state index is 13.2. The highest BCUT2D eigenvalue weighted by Gasteiger charge is 2.17. The van der Waals surface area contributed by atoms with Crippen molar-refractivity contribution in [1.82, 2.24) is 0 Å². The normalized spacial score (nSPS) is 10.2. The minimum atomic E-state index is -1.03. The van der Waals surface area contributed by atoms with Gasteiger partial charge in [-0.25, -0.2) is 8.78 Å². The molecule has 0 aliphatic heterocycles. The maximum atomic E-state index is 13.2. The molecule has 0 unspecified atom stereocenters. The van der Waals surface area contributed by atoms with Gasteiger partial charge in [0.2, 0.25) is 0 Å². The van der Waals surface area contributed by atoms with Crippen LogP contribution in [0.25, 0.3) is 0 Å². The number of nitrogens with one attached hydrogen (secondary N) is 1. The van der Waals surface area contributed by atoms with Crippen LogP contribution >= 0.6 is 27.5 Å². The third-order valence-electron chi connectivity index (χ3n) is 1.38. The quantitative estimate of drug-likeness (QED) is 0.350. The van der Waals surface area contributed by atoms with Crippen molar-refractivity contribution < 1.29 is 8.78 Å². The van der Waals surface area contributed by atoms with Gasteiger partial charge in [-0.1, -0.05) is 11.6 Å². The van der Waals surface area contributed by atoms with Crippen molar-refractivity contribution in [3.8, 4) is 0 Å². The molecule has 1 rings (SSSR count). The number of hydrogen-bond acceptors (Lipinski definition) is 1. The van der Waals surface area contributed by atoms with Gasteiger partial charge in [-0.15, -0.1) is 0 Å². The minimum absolute atomic E-state index is 0.0918. The zero-order valence-corrected chi connectivity index (χ0v) is 8.51. The Balaban J connectivity index is 3.53. The molecular formula is C7H4BrClF2N2. The second-order valence-corrected chi connectivity index (χ2v) is 3.49. The fourth-order valence-corrected chi connectivity index (χ4v) is 1.34. The first kappa shape index (κ1) is 10.4. The monoisotopic (exact) mass is 268 g/mol. The number of hydrogen-bond donors (Lipinski definition) is 2. The Bertz CT molecular complexity index is 381. The van der Waals surface area contributed by atoms with Crippen molar-refractivity contribution in [2.24, 2.45) is 5.73 Å². The van der Waals surface area contributed by atoms with Crippen molar-refractivity contribution in [2.75, 3.05) is 0 Å². The van der Waals surface area contributed by atoms with Crippen molar-refractivity contribution in [2.45, 2.75) is 0 Å². The highest BCUT2D eigenvalue weighted by molar-refractivity contribution is 9.10. The Labute approximate surface area is 86.3 Å². The summed E-state index contributed by atoms with van der Waals surface area (Å²) in [5.41, 5.74) is 4.36. The number of halogens is 4. The Kier molecular flexibility index (Phi) is 2.87. The van der Waals surface area contributed by atoms with E-state index in [1.165, 1.54) is 0 Å². The summed E-state index contributed by atoms with van der Waals surface area (Å²) >= 11 is 8.31. The van der Waals surface area contributed by atoms with E-state index in [4.69, 9.17) is 22.7 Å². The summed E-state index contributed by atoms with van der Waals surface area (Å²) in [7, 11) is 0. The van der Waals surface area contributed by atoms with Crippen molar-refractivity contribution in [3.63, 3.8) is 0 Å². The van der Waals surface area contributed by atoms with Crippen LogP contribution in [0, 0.1) is 17.0 Å². The van der Waals surface area contributed by atoms with Crippen LogP contribution in [-0.4, -0.2) is 5.84 Å². The van der Waals surface area contributed by atoms with Crippen LogP contribution in [0.1, 0.15) is 5.56 Å². The van der Waals surface area contributed by atoms with Gasteiger partial charge < -0.3 is 5.73 Å². The maximum Gasteiger partial charge on any atom is 0.156 e.